The normalized spacial score (nSPS) is 10.7. The molecule has 0 spiro atoms. The summed E-state index contributed by atoms with van der Waals surface area (Å²) in [6.07, 6.45) is 0. The fourth-order valence-corrected chi connectivity index (χ4v) is 1.17. The number of carbonyl (C=O) groups is 2. The van der Waals surface area contributed by atoms with E-state index >= 15 is 0 Å². The summed E-state index contributed by atoms with van der Waals surface area (Å²) in [5, 5.41) is 2.65. The van der Waals surface area contributed by atoms with Crippen molar-refractivity contribution in [1.29, 1.82) is 0 Å². The van der Waals surface area contributed by atoms with Crippen molar-refractivity contribution in [3.63, 3.8) is 0 Å². The maximum atomic E-state index is 11.6. The first kappa shape index (κ1) is 14.0. The molecule has 3 amide bonds. The van der Waals surface area contributed by atoms with Crippen LogP contribution in [0.4, 0.5) is 10.5 Å². The third-order valence-corrected chi connectivity index (χ3v) is 2.36. The number of carbonyl (C=O) groups excluding carboxylic acids is 2. The number of rotatable bonds is 1. The Morgan fingerprint density at radius 1 is 1.06 bits per heavy atom. The lowest BCUT2D eigenvalue weighted by Crippen LogP contribution is -2.48. The molecule has 0 unspecified atom stereocenters. The second-order valence-electron chi connectivity index (χ2n) is 5.10. The van der Waals surface area contributed by atoms with Crippen molar-refractivity contribution in [2.75, 3.05) is 5.32 Å². The van der Waals surface area contributed by atoms with E-state index in [1.54, 1.807) is 26.8 Å². The number of hydrazine groups is 1. The van der Waals surface area contributed by atoms with Crippen LogP contribution in [0.1, 0.15) is 26.3 Å². The van der Waals surface area contributed by atoms with E-state index in [-0.39, 0.29) is 5.91 Å². The van der Waals surface area contributed by atoms with Crippen LogP contribution in [0, 0.1) is 12.3 Å². The Kier molecular flexibility index (Phi) is 4.31. The van der Waals surface area contributed by atoms with E-state index in [1.807, 2.05) is 25.1 Å². The van der Waals surface area contributed by atoms with E-state index in [0.29, 0.717) is 5.69 Å². The average molecular weight is 249 g/mol. The maximum Gasteiger partial charge on any atom is 0.337 e. The standard InChI is InChI=1S/C13H19N3O2/c1-9-7-5-6-8-10(9)14-12(18)16-15-11(17)13(2,3)4/h5-8H,1-4H3,(H,15,17)(H2,14,16,18). The highest BCUT2D eigenvalue weighted by molar-refractivity contribution is 5.92. The molecule has 0 fully saturated rings. The van der Waals surface area contributed by atoms with Crippen LogP contribution in [0.5, 0.6) is 0 Å². The van der Waals surface area contributed by atoms with Crippen molar-refractivity contribution < 1.29 is 9.59 Å². The number of urea groups is 1. The minimum absolute atomic E-state index is 0.248. The van der Waals surface area contributed by atoms with Crippen LogP contribution >= 0.6 is 0 Å². The van der Waals surface area contributed by atoms with Gasteiger partial charge in [0.15, 0.2) is 0 Å². The molecule has 0 radical (unpaired) electrons. The lowest BCUT2D eigenvalue weighted by molar-refractivity contribution is -0.129. The van der Waals surface area contributed by atoms with Gasteiger partial charge in [-0.15, -0.1) is 0 Å². The van der Waals surface area contributed by atoms with Crippen molar-refractivity contribution in [1.82, 2.24) is 10.9 Å². The third kappa shape index (κ3) is 4.08. The fraction of sp³-hybridized carbons (Fsp3) is 0.385. The van der Waals surface area contributed by atoms with Crippen LogP contribution in [0.25, 0.3) is 0 Å². The summed E-state index contributed by atoms with van der Waals surface area (Å²) < 4.78 is 0. The minimum Gasteiger partial charge on any atom is -0.306 e. The van der Waals surface area contributed by atoms with Crippen LogP contribution < -0.4 is 16.2 Å². The van der Waals surface area contributed by atoms with Crippen LogP contribution in [-0.2, 0) is 4.79 Å². The van der Waals surface area contributed by atoms with E-state index in [0.717, 1.165) is 5.56 Å². The smallest absolute Gasteiger partial charge is 0.306 e. The number of para-hydroxylation sites is 1. The van der Waals surface area contributed by atoms with Gasteiger partial charge in [0.1, 0.15) is 0 Å². The predicted molar refractivity (Wildman–Crippen MR) is 70.9 cm³/mol. The molecule has 5 heteroatoms. The van der Waals surface area contributed by atoms with E-state index in [9.17, 15) is 9.59 Å². The monoisotopic (exact) mass is 249 g/mol. The SMILES string of the molecule is Cc1ccccc1NC(=O)NNC(=O)C(C)(C)C. The third-order valence-electron chi connectivity index (χ3n) is 2.36. The quantitative estimate of drug-likeness (QED) is 0.668. The van der Waals surface area contributed by atoms with Gasteiger partial charge in [-0.2, -0.15) is 0 Å². The molecule has 0 heterocycles. The van der Waals surface area contributed by atoms with Gasteiger partial charge >= 0.3 is 6.03 Å². The summed E-state index contributed by atoms with van der Waals surface area (Å²) in [5.74, 6) is -0.248. The number of amides is 3. The minimum atomic E-state index is -0.546. The molecule has 0 saturated heterocycles. The molecule has 0 aromatic heterocycles. The Labute approximate surface area is 107 Å². The first-order valence-electron chi connectivity index (χ1n) is 5.74. The molecule has 0 saturated carbocycles. The number of hydrogen-bond donors (Lipinski definition) is 3. The van der Waals surface area contributed by atoms with Gasteiger partial charge in [0, 0.05) is 11.1 Å². The fourth-order valence-electron chi connectivity index (χ4n) is 1.17. The Bertz CT molecular complexity index is 450. The second-order valence-corrected chi connectivity index (χ2v) is 5.10. The highest BCUT2D eigenvalue weighted by atomic mass is 16.2. The van der Waals surface area contributed by atoms with E-state index in [1.165, 1.54) is 0 Å². The lowest BCUT2D eigenvalue weighted by atomic mass is 9.96. The molecule has 98 valence electrons. The first-order valence-corrected chi connectivity index (χ1v) is 5.74. The largest absolute Gasteiger partial charge is 0.337 e. The van der Waals surface area contributed by atoms with Gasteiger partial charge in [-0.05, 0) is 18.6 Å². The highest BCUT2D eigenvalue weighted by Crippen LogP contribution is 2.13. The second kappa shape index (κ2) is 5.53. The van der Waals surface area contributed by atoms with Gasteiger partial charge in [-0.1, -0.05) is 39.0 Å². The zero-order chi connectivity index (χ0) is 13.8. The van der Waals surface area contributed by atoms with Crippen molar-refractivity contribution in [2.45, 2.75) is 27.7 Å². The first-order chi connectivity index (χ1) is 8.30. The van der Waals surface area contributed by atoms with Crippen molar-refractivity contribution >= 4 is 17.6 Å². The molecule has 0 bridgehead atoms. The summed E-state index contributed by atoms with van der Waals surface area (Å²) in [6, 6.07) is 6.93. The maximum absolute atomic E-state index is 11.6. The Morgan fingerprint density at radius 2 is 1.67 bits per heavy atom. The van der Waals surface area contributed by atoms with Crippen LogP contribution in [-0.4, -0.2) is 11.9 Å². The number of hydrogen-bond acceptors (Lipinski definition) is 2. The summed E-state index contributed by atoms with van der Waals surface area (Å²) in [6.45, 7) is 7.19. The summed E-state index contributed by atoms with van der Waals surface area (Å²) in [4.78, 5) is 23.1. The molecule has 1 aromatic rings. The molecule has 1 rings (SSSR count). The van der Waals surface area contributed by atoms with Gasteiger partial charge < -0.3 is 5.32 Å². The number of anilines is 1. The molecule has 0 aliphatic carbocycles. The highest BCUT2D eigenvalue weighted by Gasteiger charge is 2.21. The molecule has 0 aliphatic rings. The summed E-state index contributed by atoms with van der Waals surface area (Å²) in [5.41, 5.74) is 5.79. The van der Waals surface area contributed by atoms with Crippen LogP contribution in [0.3, 0.4) is 0 Å². The van der Waals surface area contributed by atoms with Crippen molar-refractivity contribution in [3.05, 3.63) is 29.8 Å². The van der Waals surface area contributed by atoms with E-state index in [4.69, 9.17) is 0 Å². The lowest BCUT2D eigenvalue weighted by Gasteiger charge is -2.18. The summed E-state index contributed by atoms with van der Waals surface area (Å²) >= 11 is 0. The molecule has 1 aromatic carbocycles. The predicted octanol–water partition coefficient (Wildman–Crippen LogP) is 2.19. The van der Waals surface area contributed by atoms with Gasteiger partial charge in [0.05, 0.1) is 0 Å². The zero-order valence-corrected chi connectivity index (χ0v) is 11.1. The molecule has 3 N–H and O–H groups in total. The Balaban J connectivity index is 2.49. The molecule has 18 heavy (non-hydrogen) atoms. The van der Waals surface area contributed by atoms with Gasteiger partial charge in [-0.25, -0.2) is 10.2 Å². The topological polar surface area (TPSA) is 70.2 Å². The van der Waals surface area contributed by atoms with Gasteiger partial charge in [0.2, 0.25) is 5.91 Å². The van der Waals surface area contributed by atoms with Crippen LogP contribution in [0.2, 0.25) is 0 Å². The number of benzene rings is 1. The number of nitrogens with one attached hydrogen (secondary N) is 3. The van der Waals surface area contributed by atoms with E-state index in [2.05, 4.69) is 16.2 Å². The zero-order valence-electron chi connectivity index (χ0n) is 11.1. The number of aryl methyl sites for hydroxylation is 1. The van der Waals surface area contributed by atoms with Crippen molar-refractivity contribution in [3.8, 4) is 0 Å². The Morgan fingerprint density at radius 3 is 2.22 bits per heavy atom. The molecule has 5 nitrogen and oxygen atoms in total. The average Bonchev–Trinajstić information content (AvgIpc) is 2.27. The molecule has 0 aliphatic heterocycles. The van der Waals surface area contributed by atoms with Crippen molar-refractivity contribution in [2.24, 2.45) is 5.41 Å². The molecular formula is C13H19N3O2. The van der Waals surface area contributed by atoms with E-state index < -0.39 is 11.4 Å². The van der Waals surface area contributed by atoms with Gasteiger partial charge in [0.25, 0.3) is 0 Å². The molecule has 0 atom stereocenters. The van der Waals surface area contributed by atoms with Crippen LogP contribution in [0.15, 0.2) is 24.3 Å². The molecular weight excluding hydrogens is 230 g/mol. The Hall–Kier alpha value is -2.04. The summed E-state index contributed by atoms with van der Waals surface area (Å²) in [7, 11) is 0. The van der Waals surface area contributed by atoms with Gasteiger partial charge in [-0.3, -0.25) is 10.2 Å².